The molecule has 2 aromatic heterocycles. The fraction of sp³-hybridized carbons (Fsp3) is 0.700. The van der Waals surface area contributed by atoms with Gasteiger partial charge in [-0.1, -0.05) is 0 Å². The number of aliphatic hydroxyl groups is 3. The Hall–Kier alpha value is -4.89. The number of hydrogen-bond donors (Lipinski definition) is 3. The third kappa shape index (κ3) is 12.1. The summed E-state index contributed by atoms with van der Waals surface area (Å²) >= 11 is 0. The van der Waals surface area contributed by atoms with Gasteiger partial charge in [0.15, 0.2) is 0 Å². The first-order valence-corrected chi connectivity index (χ1v) is 16.0. The highest BCUT2D eigenvalue weighted by molar-refractivity contribution is 5.70. The Kier molecular flexibility index (Phi) is 14.8. The average molecular weight is 731 g/mol. The van der Waals surface area contributed by atoms with Crippen molar-refractivity contribution in [1.29, 1.82) is 0 Å². The summed E-state index contributed by atoms with van der Waals surface area (Å²) < 4.78 is 18.7. The number of ether oxygens (including phenoxy) is 3. The van der Waals surface area contributed by atoms with Crippen molar-refractivity contribution in [3.05, 3.63) is 62.9 Å². The minimum atomic E-state index is -1.54. The van der Waals surface area contributed by atoms with Crippen molar-refractivity contribution in [1.82, 2.24) is 27.4 Å². The van der Waals surface area contributed by atoms with Gasteiger partial charge in [0.25, 0.3) is 0 Å². The van der Waals surface area contributed by atoms with Gasteiger partial charge in [0.1, 0.15) is 18.3 Å². The highest BCUT2D eigenvalue weighted by atomic mass is 16.6. The number of carbonyl (C=O) groups is 3. The molecule has 0 bridgehead atoms. The van der Waals surface area contributed by atoms with E-state index in [9.17, 15) is 53.4 Å². The van der Waals surface area contributed by atoms with Crippen LogP contribution in [0.1, 0.15) is 60.8 Å². The van der Waals surface area contributed by atoms with Crippen LogP contribution >= 0.6 is 0 Å². The highest BCUT2D eigenvalue weighted by Crippen LogP contribution is 2.08. The van der Waals surface area contributed by atoms with E-state index in [4.69, 9.17) is 19.3 Å². The lowest BCUT2D eigenvalue weighted by Crippen LogP contribution is -2.56. The van der Waals surface area contributed by atoms with Gasteiger partial charge >= 0.3 is 52.0 Å². The molecule has 0 aliphatic carbocycles. The van der Waals surface area contributed by atoms with Crippen LogP contribution in [0.3, 0.4) is 0 Å². The van der Waals surface area contributed by atoms with Crippen molar-refractivity contribution in [2.75, 3.05) is 19.8 Å². The minimum Gasteiger partial charge on any atom is -0.464 e. The van der Waals surface area contributed by atoms with E-state index in [1.807, 2.05) is 0 Å². The van der Waals surface area contributed by atoms with Gasteiger partial charge < -0.3 is 29.5 Å². The number of aromatic nitrogens is 6. The van der Waals surface area contributed by atoms with Crippen molar-refractivity contribution >= 4 is 17.9 Å². The zero-order valence-corrected chi connectivity index (χ0v) is 29.5. The quantitative estimate of drug-likeness (QED) is 0.0977. The van der Waals surface area contributed by atoms with Gasteiger partial charge in [-0.3, -0.25) is 14.4 Å². The van der Waals surface area contributed by atoms with Crippen LogP contribution in [0.5, 0.6) is 0 Å². The number of esters is 3. The van der Waals surface area contributed by atoms with Crippen molar-refractivity contribution in [3.8, 4) is 0 Å². The summed E-state index contributed by atoms with van der Waals surface area (Å²) in [7, 11) is 0. The standard InChI is InChI=1S/C30H46N6O15/c1-19(17-38)50-21(40)8-11-32-23(42)31(24(43)33(25(32)44)12-9-22(41)51-29(2,3)4)10-7-20(39)49-16-14-35-26(45)34(13-15-37)27(46)36(28(35)47)18-30(5,6)48/h19,37-38,48H,7-18H2,1-6H3. The van der Waals surface area contributed by atoms with Gasteiger partial charge in [-0.15, -0.1) is 0 Å². The first kappa shape index (κ1) is 42.3. The molecule has 0 fully saturated rings. The van der Waals surface area contributed by atoms with Crippen LogP contribution in [0.4, 0.5) is 0 Å². The summed E-state index contributed by atoms with van der Waals surface area (Å²) in [6, 6.07) is 0. The number of aliphatic hydroxyl groups excluding tert-OH is 2. The largest absolute Gasteiger partial charge is 0.464 e. The van der Waals surface area contributed by atoms with Crippen molar-refractivity contribution in [2.24, 2.45) is 0 Å². The van der Waals surface area contributed by atoms with Crippen LogP contribution in [-0.4, -0.2) is 97.8 Å². The number of nitrogens with zero attached hydrogens (tertiary/aromatic N) is 6. The predicted octanol–water partition coefficient (Wildman–Crippen LogP) is -3.90. The number of carbonyl (C=O) groups excluding carboxylic acids is 3. The van der Waals surface area contributed by atoms with E-state index in [1.54, 1.807) is 20.8 Å². The Morgan fingerprint density at radius 1 is 0.608 bits per heavy atom. The maximum Gasteiger partial charge on any atom is 0.336 e. The molecule has 0 aliphatic heterocycles. The Morgan fingerprint density at radius 2 is 1.00 bits per heavy atom. The molecule has 1 unspecified atom stereocenters. The van der Waals surface area contributed by atoms with Crippen LogP contribution in [0.2, 0.25) is 0 Å². The highest BCUT2D eigenvalue weighted by Gasteiger charge is 2.23. The third-order valence-corrected chi connectivity index (χ3v) is 6.85. The molecule has 2 heterocycles. The maximum atomic E-state index is 13.3. The van der Waals surface area contributed by atoms with Gasteiger partial charge in [0.05, 0.1) is 57.7 Å². The lowest BCUT2D eigenvalue weighted by Gasteiger charge is -2.20. The SMILES string of the molecule is CC(CO)OC(=O)CCn1c(=O)n(CCC(=O)OCCn2c(=O)n(CCO)c(=O)n(CC(C)(C)O)c2=O)c(=O)n(CCC(=O)OC(C)(C)C)c1=O. The van der Waals surface area contributed by atoms with Gasteiger partial charge in [-0.25, -0.2) is 56.2 Å². The van der Waals surface area contributed by atoms with Gasteiger partial charge in [-0.05, 0) is 41.5 Å². The van der Waals surface area contributed by atoms with Crippen molar-refractivity contribution in [2.45, 2.75) is 117 Å². The summed E-state index contributed by atoms with van der Waals surface area (Å²) in [4.78, 5) is 115. The van der Waals surface area contributed by atoms with Gasteiger partial charge in [-0.2, -0.15) is 0 Å². The Morgan fingerprint density at radius 3 is 1.41 bits per heavy atom. The smallest absolute Gasteiger partial charge is 0.336 e. The van der Waals surface area contributed by atoms with E-state index >= 15 is 0 Å². The molecule has 2 aromatic rings. The molecule has 2 rings (SSSR count). The minimum absolute atomic E-state index is 0.439. The van der Waals surface area contributed by atoms with E-state index in [2.05, 4.69) is 0 Å². The summed E-state index contributed by atoms with van der Waals surface area (Å²) in [6.45, 7) is 4.03. The molecule has 0 amide bonds. The molecule has 21 nitrogen and oxygen atoms in total. The Bertz CT molecular complexity index is 1930. The van der Waals surface area contributed by atoms with Crippen LogP contribution in [-0.2, 0) is 67.9 Å². The van der Waals surface area contributed by atoms with Crippen LogP contribution in [0.25, 0.3) is 0 Å². The molecule has 51 heavy (non-hydrogen) atoms. The molecule has 0 saturated heterocycles. The van der Waals surface area contributed by atoms with E-state index in [-0.39, 0.29) is 0 Å². The van der Waals surface area contributed by atoms with E-state index in [0.717, 1.165) is 0 Å². The van der Waals surface area contributed by atoms with Crippen molar-refractivity contribution < 1.29 is 43.9 Å². The second-order valence-corrected chi connectivity index (χ2v) is 13.1. The molecule has 0 spiro atoms. The Labute approximate surface area is 289 Å². The normalized spacial score (nSPS) is 12.4. The molecular formula is C30H46N6O15. The summed E-state index contributed by atoms with van der Waals surface area (Å²) in [5.74, 6) is -2.61. The lowest BCUT2D eigenvalue weighted by atomic mass is 10.1. The first-order valence-electron chi connectivity index (χ1n) is 16.0. The molecule has 3 N–H and O–H groups in total. The fourth-order valence-corrected chi connectivity index (χ4v) is 4.59. The molecular weight excluding hydrogens is 684 g/mol. The fourth-order valence-electron chi connectivity index (χ4n) is 4.59. The molecule has 0 aromatic carbocycles. The monoisotopic (exact) mass is 730 g/mol. The zero-order valence-electron chi connectivity index (χ0n) is 29.5. The molecule has 0 saturated carbocycles. The molecule has 1 atom stereocenters. The Balaban J connectivity index is 2.33. The lowest BCUT2D eigenvalue weighted by molar-refractivity contribution is -0.155. The summed E-state index contributed by atoms with van der Waals surface area (Å²) in [5.41, 5.74) is -9.16. The van der Waals surface area contributed by atoms with E-state index in [0.29, 0.717) is 27.4 Å². The van der Waals surface area contributed by atoms with Crippen LogP contribution in [0.15, 0.2) is 28.8 Å². The zero-order chi connectivity index (χ0) is 38.8. The maximum absolute atomic E-state index is 13.3. The third-order valence-electron chi connectivity index (χ3n) is 6.85. The van der Waals surface area contributed by atoms with E-state index < -0.39 is 148 Å². The summed E-state index contributed by atoms with van der Waals surface area (Å²) in [5, 5.41) is 28.6. The predicted molar refractivity (Wildman–Crippen MR) is 175 cm³/mol. The van der Waals surface area contributed by atoms with E-state index in [1.165, 1.54) is 20.8 Å². The van der Waals surface area contributed by atoms with Crippen molar-refractivity contribution in [3.63, 3.8) is 0 Å². The topological polar surface area (TPSA) is 272 Å². The van der Waals surface area contributed by atoms with Crippen LogP contribution in [0, 0.1) is 0 Å². The van der Waals surface area contributed by atoms with Crippen LogP contribution < -0.4 is 34.1 Å². The van der Waals surface area contributed by atoms with Gasteiger partial charge in [0.2, 0.25) is 0 Å². The molecule has 286 valence electrons. The second-order valence-electron chi connectivity index (χ2n) is 13.1. The molecule has 0 aliphatic rings. The number of rotatable bonds is 18. The van der Waals surface area contributed by atoms with Gasteiger partial charge in [0, 0.05) is 19.6 Å². The first-order chi connectivity index (χ1) is 23.6. The summed E-state index contributed by atoms with van der Waals surface area (Å²) in [6.07, 6.45) is -2.43. The molecule has 21 heteroatoms. The second kappa shape index (κ2) is 17.9. The number of hydrogen-bond acceptors (Lipinski definition) is 15. The average Bonchev–Trinajstić information content (AvgIpc) is 3.01. The molecule has 0 radical (unpaired) electrons.